The van der Waals surface area contributed by atoms with Gasteiger partial charge in [-0.05, 0) is 51.0 Å². The van der Waals surface area contributed by atoms with Gasteiger partial charge in [-0.15, -0.1) is 0 Å². The molecule has 158 valence electrons. The minimum absolute atomic E-state index is 0.0161. The second kappa shape index (κ2) is 8.70. The van der Waals surface area contributed by atoms with E-state index in [0.717, 1.165) is 41.9 Å². The van der Waals surface area contributed by atoms with Crippen LogP contribution in [-0.2, 0) is 4.79 Å². The molecule has 3 heterocycles. The number of rotatable bonds is 5. The van der Waals surface area contributed by atoms with Crippen LogP contribution in [0.25, 0.3) is 11.0 Å². The molecule has 1 fully saturated rings. The van der Waals surface area contributed by atoms with E-state index < -0.39 is 6.04 Å². The number of hydrogen-bond acceptors (Lipinski definition) is 5. The van der Waals surface area contributed by atoms with Gasteiger partial charge in [0.1, 0.15) is 23.8 Å². The highest BCUT2D eigenvalue weighted by Crippen LogP contribution is 2.26. The summed E-state index contributed by atoms with van der Waals surface area (Å²) in [7, 11) is 0. The fraction of sp³-hybridized carbons (Fsp3) is 0.381. The first kappa shape index (κ1) is 20.8. The van der Waals surface area contributed by atoms with E-state index in [1.807, 2.05) is 24.1 Å². The number of anilines is 2. The van der Waals surface area contributed by atoms with Crippen molar-refractivity contribution < 1.29 is 4.79 Å². The molecule has 0 spiro atoms. The molecule has 9 heteroatoms. The van der Waals surface area contributed by atoms with Crippen molar-refractivity contribution in [3.05, 3.63) is 46.8 Å². The maximum atomic E-state index is 13.2. The van der Waals surface area contributed by atoms with Gasteiger partial charge in [0.2, 0.25) is 5.91 Å². The molecule has 3 N–H and O–H groups in total. The number of aromatic amines is 1. The number of hydrogen-bond donors (Lipinski definition) is 3. The highest BCUT2D eigenvalue weighted by molar-refractivity contribution is 6.35. The standard InChI is InChI=1S/C21H24Cl2N6O/c1-12(27-16-9-14(22)8-15(23)10-16)21(30)29-7-3-4-18(13(29)2)28-20-17-5-6-24-19(17)25-11-26-20/h5-6,8-13,18,27H,3-4,7H2,1-2H3,(H2,24,25,26,28)/t12-,13?,18?/m1/s1. The Bertz CT molecular complexity index is 1030. The second-order valence-electron chi connectivity index (χ2n) is 7.65. The maximum absolute atomic E-state index is 13.2. The third-order valence-electron chi connectivity index (χ3n) is 5.56. The lowest BCUT2D eigenvalue weighted by Gasteiger charge is -2.41. The summed E-state index contributed by atoms with van der Waals surface area (Å²) in [5, 5.41) is 8.75. The Morgan fingerprint density at radius 2 is 2.03 bits per heavy atom. The molecule has 0 bridgehead atoms. The van der Waals surface area contributed by atoms with Gasteiger partial charge in [-0.25, -0.2) is 9.97 Å². The molecule has 1 aromatic carbocycles. The van der Waals surface area contributed by atoms with Gasteiger partial charge in [0.15, 0.2) is 0 Å². The largest absolute Gasteiger partial charge is 0.374 e. The number of halogens is 2. The van der Waals surface area contributed by atoms with Gasteiger partial charge in [0, 0.05) is 40.6 Å². The molecule has 2 unspecified atom stereocenters. The minimum Gasteiger partial charge on any atom is -0.374 e. The molecule has 1 amide bonds. The van der Waals surface area contributed by atoms with Crippen LogP contribution in [0.1, 0.15) is 26.7 Å². The van der Waals surface area contributed by atoms with E-state index in [1.54, 1.807) is 24.5 Å². The highest BCUT2D eigenvalue weighted by atomic mass is 35.5. The van der Waals surface area contributed by atoms with Crippen LogP contribution in [0.3, 0.4) is 0 Å². The number of fused-ring (bicyclic) bond motifs is 1. The quantitative estimate of drug-likeness (QED) is 0.534. The zero-order valence-corrected chi connectivity index (χ0v) is 18.3. The third kappa shape index (κ3) is 4.32. The molecule has 3 atom stereocenters. The van der Waals surface area contributed by atoms with E-state index in [-0.39, 0.29) is 18.0 Å². The summed E-state index contributed by atoms with van der Waals surface area (Å²) in [5.41, 5.74) is 1.52. The zero-order valence-electron chi connectivity index (χ0n) is 16.8. The Hall–Kier alpha value is -2.51. The maximum Gasteiger partial charge on any atom is 0.245 e. The lowest BCUT2D eigenvalue weighted by atomic mass is 9.96. The third-order valence-corrected chi connectivity index (χ3v) is 6.00. The Balaban J connectivity index is 1.46. The molecule has 3 aromatic rings. The molecule has 7 nitrogen and oxygen atoms in total. The smallest absolute Gasteiger partial charge is 0.245 e. The Labute approximate surface area is 185 Å². The number of nitrogens with one attached hydrogen (secondary N) is 3. The van der Waals surface area contributed by atoms with Crippen molar-refractivity contribution in [1.29, 1.82) is 0 Å². The SMILES string of the molecule is CC1C(Nc2ncnc3[nH]ccc23)CCCN1C(=O)[C@@H](C)Nc1cc(Cl)cc(Cl)c1. The first-order chi connectivity index (χ1) is 14.4. The topological polar surface area (TPSA) is 85.9 Å². The fourth-order valence-electron chi connectivity index (χ4n) is 4.01. The van der Waals surface area contributed by atoms with Crippen molar-refractivity contribution >= 4 is 51.6 Å². The van der Waals surface area contributed by atoms with E-state index in [0.29, 0.717) is 10.0 Å². The van der Waals surface area contributed by atoms with Crippen LogP contribution in [0, 0.1) is 0 Å². The summed E-state index contributed by atoms with van der Waals surface area (Å²) in [5.74, 6) is 0.826. The molecule has 1 saturated heterocycles. The van der Waals surface area contributed by atoms with Crippen LogP contribution in [0.2, 0.25) is 10.0 Å². The Morgan fingerprint density at radius 1 is 1.27 bits per heavy atom. The van der Waals surface area contributed by atoms with Gasteiger partial charge in [-0.1, -0.05) is 23.2 Å². The van der Waals surface area contributed by atoms with Gasteiger partial charge in [-0.3, -0.25) is 4.79 Å². The summed E-state index contributed by atoms with van der Waals surface area (Å²) < 4.78 is 0. The molecule has 0 saturated carbocycles. The molecule has 4 rings (SSSR count). The normalized spacial score (nSPS) is 20.2. The van der Waals surface area contributed by atoms with E-state index in [4.69, 9.17) is 23.2 Å². The predicted molar refractivity (Wildman–Crippen MR) is 121 cm³/mol. The minimum atomic E-state index is -0.406. The molecule has 0 aliphatic carbocycles. The number of benzene rings is 1. The summed E-state index contributed by atoms with van der Waals surface area (Å²) in [6, 6.07) is 6.85. The molecular weight excluding hydrogens is 423 g/mol. The Morgan fingerprint density at radius 3 is 2.80 bits per heavy atom. The van der Waals surface area contributed by atoms with E-state index in [2.05, 4.69) is 32.5 Å². The first-order valence-corrected chi connectivity index (χ1v) is 10.8. The molecule has 2 aromatic heterocycles. The number of piperidine rings is 1. The number of likely N-dealkylation sites (tertiary alicyclic amines) is 1. The fourth-order valence-corrected chi connectivity index (χ4v) is 4.53. The molecular formula is C21H24Cl2N6O. The van der Waals surface area contributed by atoms with Crippen molar-refractivity contribution in [1.82, 2.24) is 19.9 Å². The van der Waals surface area contributed by atoms with Crippen molar-refractivity contribution in [2.45, 2.75) is 44.8 Å². The lowest BCUT2D eigenvalue weighted by molar-refractivity contribution is -0.135. The summed E-state index contributed by atoms with van der Waals surface area (Å²) in [6.07, 6.45) is 5.27. The van der Waals surface area contributed by atoms with Crippen LogP contribution in [0.5, 0.6) is 0 Å². The van der Waals surface area contributed by atoms with Crippen molar-refractivity contribution in [3.8, 4) is 0 Å². The van der Waals surface area contributed by atoms with Gasteiger partial charge in [0.05, 0.1) is 5.39 Å². The Kier molecular flexibility index (Phi) is 6.01. The van der Waals surface area contributed by atoms with Crippen molar-refractivity contribution in [3.63, 3.8) is 0 Å². The average molecular weight is 447 g/mol. The van der Waals surface area contributed by atoms with E-state index in [9.17, 15) is 4.79 Å². The lowest BCUT2D eigenvalue weighted by Crippen LogP contribution is -2.55. The first-order valence-electron chi connectivity index (χ1n) is 10.00. The summed E-state index contributed by atoms with van der Waals surface area (Å²) in [4.78, 5) is 26.9. The van der Waals surface area contributed by atoms with Gasteiger partial charge < -0.3 is 20.5 Å². The number of carbonyl (C=O) groups is 1. The summed E-state index contributed by atoms with van der Waals surface area (Å²) >= 11 is 12.1. The van der Waals surface area contributed by atoms with Crippen LogP contribution in [0.15, 0.2) is 36.8 Å². The van der Waals surface area contributed by atoms with Gasteiger partial charge in [-0.2, -0.15) is 0 Å². The van der Waals surface area contributed by atoms with Crippen LogP contribution in [0.4, 0.5) is 11.5 Å². The van der Waals surface area contributed by atoms with E-state index >= 15 is 0 Å². The molecule has 1 aliphatic rings. The van der Waals surface area contributed by atoms with Crippen LogP contribution < -0.4 is 10.6 Å². The van der Waals surface area contributed by atoms with Crippen molar-refractivity contribution in [2.24, 2.45) is 0 Å². The monoisotopic (exact) mass is 446 g/mol. The van der Waals surface area contributed by atoms with Gasteiger partial charge in [0.25, 0.3) is 0 Å². The second-order valence-corrected chi connectivity index (χ2v) is 8.52. The van der Waals surface area contributed by atoms with Gasteiger partial charge >= 0.3 is 0 Å². The number of aromatic nitrogens is 3. The number of H-pyrrole nitrogens is 1. The zero-order chi connectivity index (χ0) is 21.3. The number of carbonyl (C=O) groups excluding carboxylic acids is 1. The van der Waals surface area contributed by atoms with Crippen LogP contribution in [-0.4, -0.2) is 50.4 Å². The molecule has 1 aliphatic heterocycles. The molecule has 0 radical (unpaired) electrons. The molecule has 30 heavy (non-hydrogen) atoms. The van der Waals surface area contributed by atoms with E-state index in [1.165, 1.54) is 0 Å². The number of nitrogens with zero attached hydrogens (tertiary/aromatic N) is 3. The van der Waals surface area contributed by atoms with Crippen molar-refractivity contribution in [2.75, 3.05) is 17.2 Å². The number of amides is 1. The highest BCUT2D eigenvalue weighted by Gasteiger charge is 2.33. The predicted octanol–water partition coefficient (Wildman–Crippen LogP) is 4.56. The average Bonchev–Trinajstić information content (AvgIpc) is 3.18. The summed E-state index contributed by atoms with van der Waals surface area (Å²) in [6.45, 7) is 4.66. The van der Waals surface area contributed by atoms with Crippen LogP contribution >= 0.6 is 23.2 Å².